The van der Waals surface area contributed by atoms with Crippen LogP contribution in [0.25, 0.3) is 0 Å². The van der Waals surface area contributed by atoms with Crippen LogP contribution < -0.4 is 16.4 Å². The van der Waals surface area contributed by atoms with Crippen molar-refractivity contribution < 1.29 is 14.3 Å². The molecule has 22 heavy (non-hydrogen) atoms. The monoisotopic (exact) mass is 305 g/mol. The van der Waals surface area contributed by atoms with Gasteiger partial charge in [0.25, 0.3) is 0 Å². The molecule has 6 nitrogen and oxygen atoms in total. The van der Waals surface area contributed by atoms with E-state index < -0.39 is 12.1 Å². The molecule has 3 amide bonds. The highest BCUT2D eigenvalue weighted by atomic mass is 16.5. The van der Waals surface area contributed by atoms with Gasteiger partial charge in [-0.15, -0.1) is 0 Å². The van der Waals surface area contributed by atoms with Gasteiger partial charge in [-0.25, -0.2) is 4.79 Å². The van der Waals surface area contributed by atoms with E-state index in [1.807, 2.05) is 31.2 Å². The Morgan fingerprint density at radius 3 is 2.91 bits per heavy atom. The highest BCUT2D eigenvalue weighted by Crippen LogP contribution is 2.18. The first-order valence-electron chi connectivity index (χ1n) is 7.51. The molecule has 6 heteroatoms. The van der Waals surface area contributed by atoms with Crippen molar-refractivity contribution in [3.8, 4) is 0 Å². The van der Waals surface area contributed by atoms with Crippen LogP contribution in [0.3, 0.4) is 0 Å². The minimum Gasteiger partial charge on any atom is -0.381 e. The maximum absolute atomic E-state index is 12.1. The van der Waals surface area contributed by atoms with Gasteiger partial charge in [0.15, 0.2) is 0 Å². The molecular weight excluding hydrogens is 282 g/mol. The van der Waals surface area contributed by atoms with Gasteiger partial charge in [-0.2, -0.15) is 0 Å². The van der Waals surface area contributed by atoms with Gasteiger partial charge in [0, 0.05) is 19.1 Å². The summed E-state index contributed by atoms with van der Waals surface area (Å²) in [5.41, 5.74) is 7.16. The zero-order chi connectivity index (χ0) is 15.9. The number of ether oxygens (including phenoxy) is 1. The molecule has 0 bridgehead atoms. The molecule has 4 N–H and O–H groups in total. The summed E-state index contributed by atoms with van der Waals surface area (Å²) in [4.78, 5) is 23.3. The molecule has 0 unspecified atom stereocenters. The molecule has 1 aliphatic heterocycles. The van der Waals surface area contributed by atoms with Crippen LogP contribution in [0.2, 0.25) is 0 Å². The zero-order valence-electron chi connectivity index (χ0n) is 12.8. The molecule has 0 saturated carbocycles. The number of rotatable bonds is 6. The number of urea groups is 1. The summed E-state index contributed by atoms with van der Waals surface area (Å²) < 4.78 is 5.28. The van der Waals surface area contributed by atoms with Gasteiger partial charge in [-0.3, -0.25) is 4.79 Å². The summed E-state index contributed by atoms with van der Waals surface area (Å²) >= 11 is 0. The smallest absolute Gasteiger partial charge is 0.312 e. The maximum Gasteiger partial charge on any atom is 0.312 e. The molecular formula is C16H23N3O3. The number of primary amides is 1. The SMILES string of the molecule is Cc1cccc([C@H](CC(=O)NC[C@H]2CCOC2)NC(N)=O)c1. The molecule has 0 radical (unpaired) electrons. The van der Waals surface area contributed by atoms with Gasteiger partial charge in [-0.1, -0.05) is 29.8 Å². The summed E-state index contributed by atoms with van der Waals surface area (Å²) in [7, 11) is 0. The van der Waals surface area contributed by atoms with E-state index in [4.69, 9.17) is 10.5 Å². The third-order valence-electron chi connectivity index (χ3n) is 3.76. The Morgan fingerprint density at radius 1 is 1.45 bits per heavy atom. The van der Waals surface area contributed by atoms with Gasteiger partial charge in [0.05, 0.1) is 19.1 Å². The molecule has 1 fully saturated rings. The predicted molar refractivity (Wildman–Crippen MR) is 83.2 cm³/mol. The number of nitrogens with one attached hydrogen (secondary N) is 2. The van der Waals surface area contributed by atoms with Gasteiger partial charge < -0.3 is 21.1 Å². The highest BCUT2D eigenvalue weighted by Gasteiger charge is 2.20. The normalized spacial score (nSPS) is 18.7. The molecule has 0 spiro atoms. The quantitative estimate of drug-likeness (QED) is 0.738. The number of benzene rings is 1. The second-order valence-electron chi connectivity index (χ2n) is 5.71. The Balaban J connectivity index is 1.93. The molecule has 0 aromatic heterocycles. The summed E-state index contributed by atoms with van der Waals surface area (Å²) in [6.07, 6.45) is 1.14. The molecule has 0 aliphatic carbocycles. The van der Waals surface area contributed by atoms with E-state index in [0.717, 1.165) is 24.2 Å². The maximum atomic E-state index is 12.1. The Morgan fingerprint density at radius 2 is 2.27 bits per heavy atom. The van der Waals surface area contributed by atoms with Crippen LogP contribution in [0.4, 0.5) is 4.79 Å². The number of carbonyl (C=O) groups excluding carboxylic acids is 2. The number of amides is 3. The summed E-state index contributed by atoms with van der Waals surface area (Å²) in [6, 6.07) is 6.63. The largest absolute Gasteiger partial charge is 0.381 e. The standard InChI is InChI=1S/C16H23N3O3/c1-11-3-2-4-13(7-11)14(19-16(17)21)8-15(20)18-9-12-5-6-22-10-12/h2-4,7,12,14H,5-6,8-10H2,1H3,(H,18,20)(H3,17,19,21)/t12-,14+/m1/s1. The lowest BCUT2D eigenvalue weighted by Crippen LogP contribution is -2.37. The summed E-state index contributed by atoms with van der Waals surface area (Å²) in [6.45, 7) is 4.03. The number of aryl methyl sites for hydroxylation is 1. The number of carbonyl (C=O) groups is 2. The number of hydrogen-bond acceptors (Lipinski definition) is 3. The first-order valence-corrected chi connectivity index (χ1v) is 7.51. The van der Waals surface area contributed by atoms with E-state index in [1.165, 1.54) is 0 Å². The average Bonchev–Trinajstić information content (AvgIpc) is 2.97. The Kier molecular flexibility index (Phi) is 5.77. The molecule has 120 valence electrons. The zero-order valence-corrected chi connectivity index (χ0v) is 12.8. The van der Waals surface area contributed by atoms with Crippen molar-refractivity contribution in [3.63, 3.8) is 0 Å². The molecule has 1 saturated heterocycles. The first-order chi connectivity index (χ1) is 10.5. The van der Waals surface area contributed by atoms with Crippen LogP contribution in [-0.2, 0) is 9.53 Å². The Hall–Kier alpha value is -2.08. The van der Waals surface area contributed by atoms with Gasteiger partial charge in [-0.05, 0) is 18.9 Å². The lowest BCUT2D eigenvalue weighted by Gasteiger charge is -2.19. The average molecular weight is 305 g/mol. The molecule has 1 aromatic carbocycles. The van der Waals surface area contributed by atoms with Gasteiger partial charge in [0.1, 0.15) is 0 Å². The lowest BCUT2D eigenvalue weighted by atomic mass is 10.0. The second kappa shape index (κ2) is 7.79. The number of hydrogen-bond donors (Lipinski definition) is 3. The van der Waals surface area contributed by atoms with Crippen LogP contribution in [0.15, 0.2) is 24.3 Å². The van der Waals surface area contributed by atoms with Crippen molar-refractivity contribution in [2.45, 2.75) is 25.8 Å². The van der Waals surface area contributed by atoms with Crippen LogP contribution in [0.5, 0.6) is 0 Å². The van der Waals surface area contributed by atoms with E-state index in [1.54, 1.807) is 0 Å². The van der Waals surface area contributed by atoms with Crippen LogP contribution in [0, 0.1) is 12.8 Å². The van der Waals surface area contributed by atoms with Crippen LogP contribution in [0.1, 0.15) is 30.0 Å². The fraction of sp³-hybridized carbons (Fsp3) is 0.500. The van der Waals surface area contributed by atoms with Crippen molar-refractivity contribution in [3.05, 3.63) is 35.4 Å². The van der Waals surface area contributed by atoms with E-state index >= 15 is 0 Å². The molecule has 1 aliphatic rings. The van der Waals surface area contributed by atoms with Crippen molar-refractivity contribution in [2.75, 3.05) is 19.8 Å². The van der Waals surface area contributed by atoms with Gasteiger partial charge in [0.2, 0.25) is 5.91 Å². The van der Waals surface area contributed by atoms with Crippen molar-refractivity contribution in [2.24, 2.45) is 11.7 Å². The Labute approximate surface area is 130 Å². The fourth-order valence-electron chi connectivity index (χ4n) is 2.57. The summed E-state index contributed by atoms with van der Waals surface area (Å²) in [5.74, 6) is 0.276. The van der Waals surface area contributed by atoms with E-state index in [2.05, 4.69) is 10.6 Å². The molecule has 2 atom stereocenters. The molecule has 1 heterocycles. The summed E-state index contributed by atoms with van der Waals surface area (Å²) in [5, 5.41) is 5.54. The third kappa shape index (κ3) is 5.04. The van der Waals surface area contributed by atoms with E-state index in [-0.39, 0.29) is 12.3 Å². The lowest BCUT2D eigenvalue weighted by molar-refractivity contribution is -0.121. The molecule has 2 rings (SSSR count). The van der Waals surface area contributed by atoms with E-state index in [9.17, 15) is 9.59 Å². The fourth-order valence-corrected chi connectivity index (χ4v) is 2.57. The number of nitrogens with two attached hydrogens (primary N) is 1. The van der Waals surface area contributed by atoms with Crippen molar-refractivity contribution in [1.29, 1.82) is 0 Å². The van der Waals surface area contributed by atoms with Gasteiger partial charge >= 0.3 is 6.03 Å². The minimum atomic E-state index is -0.636. The minimum absolute atomic E-state index is 0.104. The topological polar surface area (TPSA) is 93.4 Å². The first kappa shape index (κ1) is 16.3. The van der Waals surface area contributed by atoms with Crippen LogP contribution in [-0.4, -0.2) is 31.7 Å². The second-order valence-corrected chi connectivity index (χ2v) is 5.71. The Bertz CT molecular complexity index is 527. The van der Waals surface area contributed by atoms with E-state index in [0.29, 0.717) is 19.1 Å². The molecule has 1 aromatic rings. The van der Waals surface area contributed by atoms with Crippen LogP contribution >= 0.6 is 0 Å². The van der Waals surface area contributed by atoms with Crippen molar-refractivity contribution in [1.82, 2.24) is 10.6 Å². The third-order valence-corrected chi connectivity index (χ3v) is 3.76. The highest BCUT2D eigenvalue weighted by molar-refractivity contribution is 5.78. The van der Waals surface area contributed by atoms with Crippen molar-refractivity contribution >= 4 is 11.9 Å². The predicted octanol–water partition coefficient (Wildman–Crippen LogP) is 1.25.